The topological polar surface area (TPSA) is 134 Å². The van der Waals surface area contributed by atoms with Crippen LogP contribution in [0.5, 0.6) is 5.75 Å². The summed E-state index contributed by atoms with van der Waals surface area (Å²) in [5, 5.41) is 10.5. The maximum Gasteiger partial charge on any atom is 0.224 e. The number of imidazole rings is 1. The number of aromatic amines is 2. The molecule has 0 atom stereocenters. The maximum absolute atomic E-state index is 14.3. The van der Waals surface area contributed by atoms with E-state index >= 15 is 0 Å². The van der Waals surface area contributed by atoms with Crippen LogP contribution in [0.4, 0.5) is 10.1 Å². The van der Waals surface area contributed by atoms with E-state index in [-0.39, 0.29) is 5.91 Å². The average molecular weight is 577 g/mol. The minimum absolute atomic E-state index is 0.0156. The summed E-state index contributed by atoms with van der Waals surface area (Å²) in [6.45, 7) is 0. The van der Waals surface area contributed by atoms with Gasteiger partial charge in [0.2, 0.25) is 5.91 Å². The number of fused-ring (bicyclic) bond motifs is 2. The molecular formula is C32H29FN8O2. The van der Waals surface area contributed by atoms with E-state index in [4.69, 9.17) is 14.7 Å². The summed E-state index contributed by atoms with van der Waals surface area (Å²) in [5.74, 6) is 0.946. The number of ether oxygens (including phenoxy) is 1. The number of amides is 1. The van der Waals surface area contributed by atoms with E-state index in [0.29, 0.717) is 68.7 Å². The van der Waals surface area contributed by atoms with Crippen LogP contribution in [-0.4, -0.2) is 48.1 Å². The number of hydrogen-bond acceptors (Lipinski definition) is 7. The van der Waals surface area contributed by atoms with Gasteiger partial charge in [0.1, 0.15) is 17.1 Å². The van der Waals surface area contributed by atoms with Gasteiger partial charge in [-0.15, -0.1) is 0 Å². The fraction of sp³-hybridized carbons (Fsp3) is 0.250. The lowest BCUT2D eigenvalue weighted by molar-refractivity contribution is -0.117. The van der Waals surface area contributed by atoms with Crippen LogP contribution in [0, 0.1) is 11.7 Å². The zero-order chi connectivity index (χ0) is 29.3. The largest absolute Gasteiger partial charge is 0.497 e. The highest BCUT2D eigenvalue weighted by atomic mass is 19.1. The number of carbonyl (C=O) groups excluding carboxylic acids is 1. The number of benzene rings is 1. The lowest BCUT2D eigenvalue weighted by Crippen LogP contribution is -2.18. The van der Waals surface area contributed by atoms with Crippen molar-refractivity contribution in [3.05, 3.63) is 67.0 Å². The van der Waals surface area contributed by atoms with Crippen molar-refractivity contribution in [2.24, 2.45) is 5.92 Å². The van der Waals surface area contributed by atoms with E-state index in [9.17, 15) is 9.18 Å². The Labute approximate surface area is 246 Å². The molecule has 43 heavy (non-hydrogen) atoms. The van der Waals surface area contributed by atoms with Crippen molar-refractivity contribution in [1.82, 2.24) is 35.1 Å². The molecule has 6 aromatic rings. The van der Waals surface area contributed by atoms with Crippen molar-refractivity contribution in [3.8, 4) is 39.7 Å². The summed E-state index contributed by atoms with van der Waals surface area (Å²) in [6, 6.07) is 10.1. The van der Waals surface area contributed by atoms with Gasteiger partial charge in [0.25, 0.3) is 0 Å². The average Bonchev–Trinajstić information content (AvgIpc) is 3.65. The Morgan fingerprint density at radius 3 is 2.67 bits per heavy atom. The van der Waals surface area contributed by atoms with E-state index in [0.717, 1.165) is 23.9 Å². The molecule has 0 unspecified atom stereocenters. The van der Waals surface area contributed by atoms with Crippen LogP contribution in [-0.2, 0) is 4.79 Å². The van der Waals surface area contributed by atoms with Gasteiger partial charge in [-0.2, -0.15) is 5.10 Å². The zero-order valence-corrected chi connectivity index (χ0v) is 23.5. The van der Waals surface area contributed by atoms with Gasteiger partial charge in [0.05, 0.1) is 47.4 Å². The molecule has 5 heterocycles. The van der Waals surface area contributed by atoms with E-state index in [1.807, 2.05) is 18.2 Å². The Bertz CT molecular complexity index is 1960. The van der Waals surface area contributed by atoms with E-state index in [1.54, 1.807) is 30.9 Å². The third kappa shape index (κ3) is 5.41. The molecule has 11 heteroatoms. The third-order valence-corrected chi connectivity index (χ3v) is 7.96. The number of carbonyl (C=O) groups is 1. The molecule has 1 saturated carbocycles. The zero-order valence-electron chi connectivity index (χ0n) is 23.5. The molecule has 0 bridgehead atoms. The van der Waals surface area contributed by atoms with Crippen molar-refractivity contribution in [2.45, 2.75) is 38.5 Å². The summed E-state index contributed by atoms with van der Waals surface area (Å²) >= 11 is 0. The van der Waals surface area contributed by atoms with Crippen molar-refractivity contribution in [3.63, 3.8) is 0 Å². The number of pyridine rings is 3. The van der Waals surface area contributed by atoms with Crippen LogP contribution >= 0.6 is 0 Å². The molecule has 1 fully saturated rings. The van der Waals surface area contributed by atoms with E-state index in [1.165, 1.54) is 38.5 Å². The monoisotopic (exact) mass is 576 g/mol. The van der Waals surface area contributed by atoms with Crippen LogP contribution in [0.1, 0.15) is 38.5 Å². The number of hydrogen-bond donors (Lipinski definition) is 3. The number of aromatic nitrogens is 7. The molecule has 1 aromatic carbocycles. The minimum atomic E-state index is -0.417. The first kappa shape index (κ1) is 26.7. The number of H-pyrrole nitrogens is 2. The molecule has 0 spiro atoms. The van der Waals surface area contributed by atoms with Crippen molar-refractivity contribution >= 4 is 33.7 Å². The number of anilines is 1. The van der Waals surface area contributed by atoms with Crippen LogP contribution in [0.2, 0.25) is 0 Å². The predicted molar refractivity (Wildman–Crippen MR) is 162 cm³/mol. The Morgan fingerprint density at radius 1 is 0.953 bits per heavy atom. The summed E-state index contributed by atoms with van der Waals surface area (Å²) in [5.41, 5.74) is 6.49. The molecule has 0 saturated heterocycles. The Hall–Kier alpha value is -5.19. The van der Waals surface area contributed by atoms with Crippen molar-refractivity contribution < 1.29 is 13.9 Å². The first-order valence-corrected chi connectivity index (χ1v) is 14.3. The molecule has 0 radical (unpaired) electrons. The van der Waals surface area contributed by atoms with Crippen LogP contribution in [0.25, 0.3) is 56.0 Å². The summed E-state index contributed by atoms with van der Waals surface area (Å²) in [7, 11) is 1.49. The minimum Gasteiger partial charge on any atom is -0.497 e. The molecular weight excluding hydrogens is 547 g/mol. The van der Waals surface area contributed by atoms with Crippen LogP contribution in [0.15, 0.2) is 61.2 Å². The summed E-state index contributed by atoms with van der Waals surface area (Å²) < 4.78 is 19.5. The van der Waals surface area contributed by atoms with Gasteiger partial charge in [-0.25, -0.2) is 14.4 Å². The molecule has 10 nitrogen and oxygen atoms in total. The molecule has 0 aliphatic heterocycles. The number of nitrogens with zero attached hydrogens (tertiary/aromatic N) is 5. The Morgan fingerprint density at radius 2 is 1.81 bits per heavy atom. The fourth-order valence-electron chi connectivity index (χ4n) is 5.83. The van der Waals surface area contributed by atoms with Crippen molar-refractivity contribution in [1.29, 1.82) is 0 Å². The smallest absolute Gasteiger partial charge is 0.224 e. The standard InChI is InChI=1S/C32H29FN8O2/c1-43-23-12-19(10-21(33)13-23)24-16-35-17-27-29(24)39-32(38-27)31-30-26(40-41-31)8-7-25(37-30)20-11-22(15-34-14-20)36-28(42)9-18-5-3-2-4-6-18/h7-8,10-18H,2-6,9H2,1H3,(H,36,42)(H,38,39)(H,40,41). The molecule has 216 valence electrons. The third-order valence-electron chi connectivity index (χ3n) is 7.96. The second-order valence-electron chi connectivity index (χ2n) is 10.9. The van der Waals surface area contributed by atoms with Gasteiger partial charge in [-0.3, -0.25) is 19.9 Å². The SMILES string of the molecule is COc1cc(F)cc(-c2cncc3[nH]c(-c4n[nH]c5ccc(-c6cncc(NC(=O)CC7CCCCC7)c6)nc45)nc23)c1. The van der Waals surface area contributed by atoms with Gasteiger partial charge in [0, 0.05) is 36.0 Å². The highest BCUT2D eigenvalue weighted by Gasteiger charge is 2.19. The van der Waals surface area contributed by atoms with Gasteiger partial charge in [-0.1, -0.05) is 19.3 Å². The quantitative estimate of drug-likeness (QED) is 0.193. The number of nitrogens with one attached hydrogen (secondary N) is 3. The number of rotatable bonds is 7. The molecule has 5 aromatic heterocycles. The van der Waals surface area contributed by atoms with Crippen LogP contribution in [0.3, 0.4) is 0 Å². The van der Waals surface area contributed by atoms with Crippen molar-refractivity contribution in [2.75, 3.05) is 12.4 Å². The first-order valence-electron chi connectivity index (χ1n) is 14.3. The molecule has 1 aliphatic carbocycles. The lowest BCUT2D eigenvalue weighted by Gasteiger charge is -2.20. The molecule has 7 rings (SSSR count). The van der Waals surface area contributed by atoms with Gasteiger partial charge in [-0.05, 0) is 54.7 Å². The highest BCUT2D eigenvalue weighted by molar-refractivity contribution is 5.96. The summed E-state index contributed by atoms with van der Waals surface area (Å²) in [6.07, 6.45) is 13.1. The number of halogens is 1. The van der Waals surface area contributed by atoms with Crippen LogP contribution < -0.4 is 10.1 Å². The van der Waals surface area contributed by atoms with Gasteiger partial charge in [0.15, 0.2) is 11.5 Å². The molecule has 3 N–H and O–H groups in total. The fourth-order valence-corrected chi connectivity index (χ4v) is 5.83. The molecule has 1 aliphatic rings. The lowest BCUT2D eigenvalue weighted by atomic mass is 9.87. The normalized spacial score (nSPS) is 13.9. The van der Waals surface area contributed by atoms with E-state index < -0.39 is 5.82 Å². The first-order chi connectivity index (χ1) is 21.0. The predicted octanol–water partition coefficient (Wildman–Crippen LogP) is 6.68. The van der Waals surface area contributed by atoms with Gasteiger partial charge >= 0.3 is 0 Å². The van der Waals surface area contributed by atoms with Gasteiger partial charge < -0.3 is 15.0 Å². The Balaban J connectivity index is 1.20. The Kier molecular flexibility index (Phi) is 6.98. The second kappa shape index (κ2) is 11.2. The number of methoxy groups -OCH3 is 1. The highest BCUT2D eigenvalue weighted by Crippen LogP contribution is 2.33. The van der Waals surface area contributed by atoms with E-state index in [2.05, 4.69) is 30.5 Å². The summed E-state index contributed by atoms with van der Waals surface area (Å²) in [4.78, 5) is 34.4. The second-order valence-corrected chi connectivity index (χ2v) is 10.9. The maximum atomic E-state index is 14.3. The molecule has 1 amide bonds.